The van der Waals surface area contributed by atoms with Gasteiger partial charge in [-0.25, -0.2) is 26.9 Å². The predicted octanol–water partition coefficient (Wildman–Crippen LogP) is 4.52. The monoisotopic (exact) mass is 686 g/mol. The average Bonchev–Trinajstić information content (AvgIpc) is 3.34. The minimum Gasteiger partial charge on any atom is -0.508 e. The molecule has 0 aromatic heterocycles. The van der Waals surface area contributed by atoms with Crippen LogP contribution in [0.5, 0.6) is 5.75 Å². The van der Waals surface area contributed by atoms with Crippen LogP contribution >= 0.6 is 23.2 Å². The normalized spacial score (nSPS) is 30.4. The standard InChI is InChI=1S/C30H21Cl2F5N2O7/c31-29-10-15-13(7-8-14-17(15)26(44)38(25(14)43)9-1-2-16(41)42)18(11-3-5-12(40)6-4-11)30(29,32)28(46)39(27(29)45)24-22(36)20(34)19(33)21(35)23(24)37/h3-7,14-15,17-18,40H,1-2,8-10H2,(H,41,42). The minimum atomic E-state index is -2.66. The SMILES string of the molecule is O=C(O)CCCN1C(=O)C2CC=C3C(CC4(Cl)C(=O)N(c5c(F)c(F)c(F)c(F)c5F)C(=O)C4(Cl)C3c3ccc(O)cc3)C2C1=O. The number of alkyl halides is 2. The highest BCUT2D eigenvalue weighted by Crippen LogP contribution is 2.66. The first-order valence-corrected chi connectivity index (χ1v) is 14.7. The highest BCUT2D eigenvalue weighted by Gasteiger charge is 2.77. The molecule has 2 aliphatic carbocycles. The number of carbonyl (C=O) groups excluding carboxylic acids is 4. The maximum absolute atomic E-state index is 15.0. The Morgan fingerprint density at radius 1 is 0.870 bits per heavy atom. The van der Waals surface area contributed by atoms with Crippen molar-refractivity contribution in [2.45, 2.75) is 41.3 Å². The molecule has 4 amide bonds. The van der Waals surface area contributed by atoms with Gasteiger partial charge in [0.1, 0.15) is 11.4 Å². The van der Waals surface area contributed by atoms with Gasteiger partial charge in [0.2, 0.25) is 17.6 Å². The number of halogens is 7. The smallest absolute Gasteiger partial charge is 0.303 e. The quantitative estimate of drug-likeness (QED) is 0.114. The molecule has 2 aliphatic heterocycles. The number of carboxylic acids is 1. The van der Waals surface area contributed by atoms with Gasteiger partial charge in [0.25, 0.3) is 11.8 Å². The Kier molecular flexibility index (Phi) is 7.47. The van der Waals surface area contributed by atoms with E-state index in [-0.39, 0.29) is 47.6 Å². The Morgan fingerprint density at radius 3 is 2.04 bits per heavy atom. The molecule has 1 saturated carbocycles. The molecule has 6 rings (SSSR count). The minimum absolute atomic E-state index is 0.0402. The van der Waals surface area contributed by atoms with Gasteiger partial charge in [-0.05, 0) is 42.9 Å². The van der Waals surface area contributed by atoms with Gasteiger partial charge < -0.3 is 10.2 Å². The zero-order chi connectivity index (χ0) is 33.6. The fourth-order valence-electron chi connectivity index (χ4n) is 7.28. The molecule has 242 valence electrons. The van der Waals surface area contributed by atoms with E-state index in [9.17, 15) is 42.3 Å². The van der Waals surface area contributed by atoms with Crippen molar-refractivity contribution in [2.24, 2.45) is 17.8 Å². The summed E-state index contributed by atoms with van der Waals surface area (Å²) in [5, 5.41) is 18.9. The third-order valence-electron chi connectivity index (χ3n) is 9.31. The lowest BCUT2D eigenvalue weighted by molar-refractivity contribution is -0.142. The number of benzene rings is 2. The molecule has 2 aromatic carbocycles. The molecule has 16 heteroatoms. The third-order valence-corrected chi connectivity index (χ3v) is 10.7. The van der Waals surface area contributed by atoms with Gasteiger partial charge >= 0.3 is 5.97 Å². The Hall–Kier alpha value is -4.04. The number of hydrogen-bond acceptors (Lipinski definition) is 6. The number of phenols is 1. The van der Waals surface area contributed by atoms with Crippen LogP contribution < -0.4 is 4.90 Å². The number of phenolic OH excluding ortho intramolecular Hbond substituents is 1. The number of hydrogen-bond donors (Lipinski definition) is 2. The van der Waals surface area contributed by atoms with Gasteiger partial charge in [-0.3, -0.25) is 28.9 Å². The Balaban J connectivity index is 1.52. The van der Waals surface area contributed by atoms with E-state index >= 15 is 8.78 Å². The number of aromatic hydroxyl groups is 1. The first kappa shape index (κ1) is 31.9. The summed E-state index contributed by atoms with van der Waals surface area (Å²) in [4.78, 5) is 61.6. The van der Waals surface area contributed by atoms with E-state index in [2.05, 4.69) is 0 Å². The first-order valence-electron chi connectivity index (χ1n) is 13.9. The number of aliphatic carboxylic acids is 1. The van der Waals surface area contributed by atoms with Crippen LogP contribution in [0.4, 0.5) is 27.6 Å². The summed E-state index contributed by atoms with van der Waals surface area (Å²) in [7, 11) is 0. The maximum Gasteiger partial charge on any atom is 0.303 e. The molecule has 46 heavy (non-hydrogen) atoms. The molecule has 2 aromatic rings. The van der Waals surface area contributed by atoms with Gasteiger partial charge in [-0.2, -0.15) is 0 Å². The number of amides is 4. The lowest BCUT2D eigenvalue weighted by Gasteiger charge is -2.50. The topological polar surface area (TPSA) is 132 Å². The van der Waals surface area contributed by atoms with Gasteiger partial charge in [0, 0.05) is 18.9 Å². The third kappa shape index (κ3) is 4.15. The van der Waals surface area contributed by atoms with E-state index < -0.39 is 104 Å². The van der Waals surface area contributed by atoms with Crippen LogP contribution in [0.25, 0.3) is 0 Å². The molecule has 0 radical (unpaired) electrons. The summed E-state index contributed by atoms with van der Waals surface area (Å²) in [5.41, 5.74) is -1.48. The molecule has 0 spiro atoms. The molecule has 0 bridgehead atoms. The highest BCUT2D eigenvalue weighted by atomic mass is 35.5. The first-order chi connectivity index (χ1) is 21.6. The zero-order valence-electron chi connectivity index (χ0n) is 23.2. The van der Waals surface area contributed by atoms with Crippen molar-refractivity contribution in [3.05, 3.63) is 70.6 Å². The van der Waals surface area contributed by atoms with E-state index in [1.807, 2.05) is 0 Å². The summed E-state index contributed by atoms with van der Waals surface area (Å²) in [6.45, 7) is -0.211. The summed E-state index contributed by atoms with van der Waals surface area (Å²) in [6, 6.07) is 5.04. The number of carboxylic acid groups (broad SMARTS) is 1. The van der Waals surface area contributed by atoms with E-state index in [0.717, 1.165) is 4.90 Å². The molecule has 4 aliphatic rings. The van der Waals surface area contributed by atoms with Crippen molar-refractivity contribution in [3.63, 3.8) is 0 Å². The predicted molar refractivity (Wildman–Crippen MR) is 148 cm³/mol. The number of nitrogens with zero attached hydrogens (tertiary/aromatic N) is 2. The summed E-state index contributed by atoms with van der Waals surface area (Å²) in [6.07, 6.45) is 0.469. The summed E-state index contributed by atoms with van der Waals surface area (Å²) < 4.78 is 72.5. The molecule has 6 unspecified atom stereocenters. The van der Waals surface area contributed by atoms with Gasteiger partial charge in [0.15, 0.2) is 33.0 Å². The lowest BCUT2D eigenvalue weighted by atomic mass is 9.56. The number of allylic oxidation sites excluding steroid dienone is 2. The number of rotatable bonds is 6. The highest BCUT2D eigenvalue weighted by molar-refractivity contribution is 6.58. The van der Waals surface area contributed by atoms with E-state index in [4.69, 9.17) is 28.3 Å². The van der Waals surface area contributed by atoms with Crippen LogP contribution in [0.1, 0.15) is 37.2 Å². The van der Waals surface area contributed by atoms with E-state index in [0.29, 0.717) is 0 Å². The fourth-order valence-corrected chi connectivity index (χ4v) is 8.22. The van der Waals surface area contributed by atoms with Crippen molar-refractivity contribution >= 4 is 58.5 Å². The molecule has 2 N–H and O–H groups in total. The second-order valence-corrected chi connectivity index (χ2v) is 12.9. The molecular formula is C30H21Cl2F5N2O7. The number of fused-ring (bicyclic) bond motifs is 4. The Morgan fingerprint density at radius 2 is 1.46 bits per heavy atom. The molecule has 2 saturated heterocycles. The Bertz CT molecular complexity index is 1760. The zero-order valence-corrected chi connectivity index (χ0v) is 24.7. The number of anilines is 1. The van der Waals surface area contributed by atoms with Gasteiger partial charge in [-0.15, -0.1) is 23.2 Å². The summed E-state index contributed by atoms with van der Waals surface area (Å²) in [5.74, 6) is -22.9. The summed E-state index contributed by atoms with van der Waals surface area (Å²) >= 11 is 14.0. The second kappa shape index (κ2) is 10.8. The molecule has 9 nitrogen and oxygen atoms in total. The van der Waals surface area contributed by atoms with E-state index in [1.165, 1.54) is 30.3 Å². The van der Waals surface area contributed by atoms with Crippen LogP contribution in [0.15, 0.2) is 35.9 Å². The molecule has 6 atom stereocenters. The lowest BCUT2D eigenvalue weighted by Crippen LogP contribution is -2.60. The second-order valence-electron chi connectivity index (χ2n) is 11.6. The number of carbonyl (C=O) groups is 5. The Labute approximate surface area is 266 Å². The average molecular weight is 687 g/mol. The van der Waals surface area contributed by atoms with Crippen molar-refractivity contribution in [1.29, 1.82) is 0 Å². The van der Waals surface area contributed by atoms with Crippen molar-refractivity contribution < 1.29 is 56.1 Å². The van der Waals surface area contributed by atoms with Gasteiger partial charge in [0.05, 0.1) is 11.8 Å². The molecule has 2 heterocycles. The number of imide groups is 2. The van der Waals surface area contributed by atoms with Crippen LogP contribution in [0.3, 0.4) is 0 Å². The van der Waals surface area contributed by atoms with Crippen LogP contribution in [0.2, 0.25) is 0 Å². The van der Waals surface area contributed by atoms with Crippen LogP contribution in [-0.2, 0) is 24.0 Å². The van der Waals surface area contributed by atoms with Crippen molar-refractivity contribution in [1.82, 2.24) is 4.90 Å². The maximum atomic E-state index is 15.0. The van der Waals surface area contributed by atoms with Crippen LogP contribution in [-0.4, -0.2) is 61.0 Å². The largest absolute Gasteiger partial charge is 0.508 e. The van der Waals surface area contributed by atoms with Crippen molar-refractivity contribution in [3.8, 4) is 5.75 Å². The van der Waals surface area contributed by atoms with Crippen LogP contribution in [0, 0.1) is 46.8 Å². The number of likely N-dealkylation sites (tertiary alicyclic amines) is 1. The molecule has 3 fully saturated rings. The van der Waals surface area contributed by atoms with Gasteiger partial charge in [-0.1, -0.05) is 23.8 Å². The van der Waals surface area contributed by atoms with E-state index in [1.54, 1.807) is 0 Å². The molecular weight excluding hydrogens is 666 g/mol. The van der Waals surface area contributed by atoms with Crippen molar-refractivity contribution in [2.75, 3.05) is 11.4 Å². The fraction of sp³-hybridized carbons (Fsp3) is 0.367.